The topological polar surface area (TPSA) is 21.3 Å². The summed E-state index contributed by atoms with van der Waals surface area (Å²) >= 11 is 0. The van der Waals surface area contributed by atoms with Gasteiger partial charge in [-0.2, -0.15) is 0 Å². The molecular formula is C13H19NO. The van der Waals surface area contributed by atoms with Crippen LogP contribution in [-0.2, 0) is 6.54 Å². The SMILES string of the molecule is COc1ccccc1CNC1CCCC1. The smallest absolute Gasteiger partial charge is 0.123 e. The van der Waals surface area contributed by atoms with E-state index < -0.39 is 0 Å². The minimum atomic E-state index is 0.718. The van der Waals surface area contributed by atoms with E-state index in [1.165, 1.54) is 31.2 Å². The number of ether oxygens (including phenoxy) is 1. The monoisotopic (exact) mass is 205 g/mol. The molecule has 1 aliphatic carbocycles. The second-order valence-corrected chi connectivity index (χ2v) is 4.17. The highest BCUT2D eigenvalue weighted by atomic mass is 16.5. The van der Waals surface area contributed by atoms with Gasteiger partial charge in [0.05, 0.1) is 7.11 Å². The van der Waals surface area contributed by atoms with Crippen molar-refractivity contribution >= 4 is 0 Å². The van der Waals surface area contributed by atoms with Crippen LogP contribution in [0.25, 0.3) is 0 Å². The Hall–Kier alpha value is -1.02. The molecule has 0 aliphatic heterocycles. The van der Waals surface area contributed by atoms with Gasteiger partial charge in [0.25, 0.3) is 0 Å². The van der Waals surface area contributed by atoms with Crippen LogP contribution >= 0.6 is 0 Å². The Morgan fingerprint density at radius 1 is 1.27 bits per heavy atom. The number of rotatable bonds is 4. The zero-order valence-corrected chi connectivity index (χ0v) is 9.33. The van der Waals surface area contributed by atoms with Crippen molar-refractivity contribution < 1.29 is 4.74 Å². The van der Waals surface area contributed by atoms with Crippen molar-refractivity contribution in [1.29, 1.82) is 0 Å². The van der Waals surface area contributed by atoms with Crippen molar-refractivity contribution in [3.05, 3.63) is 29.8 Å². The molecule has 1 N–H and O–H groups in total. The average Bonchev–Trinajstić information content (AvgIpc) is 2.79. The van der Waals surface area contributed by atoms with Crippen molar-refractivity contribution in [1.82, 2.24) is 5.32 Å². The lowest BCUT2D eigenvalue weighted by Gasteiger charge is -2.13. The van der Waals surface area contributed by atoms with Crippen LogP contribution in [0.15, 0.2) is 24.3 Å². The van der Waals surface area contributed by atoms with Crippen LogP contribution < -0.4 is 10.1 Å². The Morgan fingerprint density at radius 3 is 2.73 bits per heavy atom. The standard InChI is InChI=1S/C13H19NO/c1-15-13-9-5-2-6-11(13)10-14-12-7-3-4-8-12/h2,5-6,9,12,14H,3-4,7-8,10H2,1H3. The molecule has 2 heteroatoms. The fourth-order valence-corrected chi connectivity index (χ4v) is 2.23. The second kappa shape index (κ2) is 5.17. The first-order valence-electron chi connectivity index (χ1n) is 5.75. The average molecular weight is 205 g/mol. The lowest BCUT2D eigenvalue weighted by atomic mass is 10.1. The summed E-state index contributed by atoms with van der Waals surface area (Å²) in [6.07, 6.45) is 5.41. The highest BCUT2D eigenvalue weighted by Gasteiger charge is 2.14. The molecule has 0 saturated heterocycles. The molecular weight excluding hydrogens is 186 g/mol. The lowest BCUT2D eigenvalue weighted by Crippen LogP contribution is -2.25. The number of hydrogen-bond acceptors (Lipinski definition) is 2. The molecule has 2 nitrogen and oxygen atoms in total. The summed E-state index contributed by atoms with van der Waals surface area (Å²) in [5, 5.41) is 3.59. The van der Waals surface area contributed by atoms with Crippen LogP contribution in [0.4, 0.5) is 0 Å². The van der Waals surface area contributed by atoms with E-state index in [9.17, 15) is 0 Å². The van der Waals surface area contributed by atoms with Gasteiger partial charge in [0.2, 0.25) is 0 Å². The molecule has 0 unspecified atom stereocenters. The van der Waals surface area contributed by atoms with Gasteiger partial charge in [-0.3, -0.25) is 0 Å². The van der Waals surface area contributed by atoms with Gasteiger partial charge in [0, 0.05) is 18.2 Å². The minimum absolute atomic E-state index is 0.718. The van der Waals surface area contributed by atoms with E-state index in [1.807, 2.05) is 12.1 Å². The predicted molar refractivity (Wildman–Crippen MR) is 62.1 cm³/mol. The third-order valence-electron chi connectivity index (χ3n) is 3.13. The van der Waals surface area contributed by atoms with Crippen LogP contribution in [0.3, 0.4) is 0 Å². The number of methoxy groups -OCH3 is 1. The number of benzene rings is 1. The van der Waals surface area contributed by atoms with E-state index in [-0.39, 0.29) is 0 Å². The van der Waals surface area contributed by atoms with Gasteiger partial charge in [0.1, 0.15) is 5.75 Å². The third kappa shape index (κ3) is 2.72. The van der Waals surface area contributed by atoms with E-state index in [0.717, 1.165) is 18.3 Å². The minimum Gasteiger partial charge on any atom is -0.496 e. The molecule has 0 radical (unpaired) electrons. The summed E-state index contributed by atoms with van der Waals surface area (Å²) in [5.41, 5.74) is 1.26. The fraction of sp³-hybridized carbons (Fsp3) is 0.538. The molecule has 0 bridgehead atoms. The quantitative estimate of drug-likeness (QED) is 0.816. The Kier molecular flexibility index (Phi) is 3.62. The summed E-state index contributed by atoms with van der Waals surface area (Å²) in [6.45, 7) is 0.925. The molecule has 82 valence electrons. The fourth-order valence-electron chi connectivity index (χ4n) is 2.23. The van der Waals surface area contributed by atoms with Crippen LogP contribution in [-0.4, -0.2) is 13.2 Å². The van der Waals surface area contributed by atoms with Crippen molar-refractivity contribution in [2.75, 3.05) is 7.11 Å². The summed E-state index contributed by atoms with van der Waals surface area (Å²) in [4.78, 5) is 0. The van der Waals surface area contributed by atoms with Crippen LogP contribution in [0, 0.1) is 0 Å². The first kappa shape index (κ1) is 10.5. The maximum Gasteiger partial charge on any atom is 0.123 e. The van der Waals surface area contributed by atoms with Gasteiger partial charge in [-0.15, -0.1) is 0 Å². The molecule has 0 spiro atoms. The van der Waals surface area contributed by atoms with Crippen LogP contribution in [0.1, 0.15) is 31.2 Å². The molecule has 2 rings (SSSR count). The second-order valence-electron chi connectivity index (χ2n) is 4.17. The maximum absolute atomic E-state index is 5.32. The van der Waals surface area contributed by atoms with Gasteiger partial charge < -0.3 is 10.1 Å². The van der Waals surface area contributed by atoms with E-state index in [2.05, 4.69) is 17.4 Å². The third-order valence-corrected chi connectivity index (χ3v) is 3.13. The summed E-state index contributed by atoms with van der Waals surface area (Å²) in [7, 11) is 1.73. The number of nitrogens with one attached hydrogen (secondary N) is 1. The summed E-state index contributed by atoms with van der Waals surface area (Å²) in [5.74, 6) is 0.989. The summed E-state index contributed by atoms with van der Waals surface area (Å²) in [6, 6.07) is 8.94. The Balaban J connectivity index is 1.91. The van der Waals surface area contributed by atoms with E-state index in [0.29, 0.717) is 0 Å². The van der Waals surface area contributed by atoms with Crippen molar-refractivity contribution in [2.24, 2.45) is 0 Å². The highest BCUT2D eigenvalue weighted by molar-refractivity contribution is 5.33. The van der Waals surface area contributed by atoms with Gasteiger partial charge in [0.15, 0.2) is 0 Å². The normalized spacial score (nSPS) is 16.9. The zero-order chi connectivity index (χ0) is 10.5. The Labute approximate surface area is 91.6 Å². The molecule has 15 heavy (non-hydrogen) atoms. The first-order valence-corrected chi connectivity index (χ1v) is 5.75. The van der Waals surface area contributed by atoms with Crippen molar-refractivity contribution in [2.45, 2.75) is 38.3 Å². The van der Waals surface area contributed by atoms with Gasteiger partial charge in [-0.25, -0.2) is 0 Å². The Morgan fingerprint density at radius 2 is 2.00 bits per heavy atom. The van der Waals surface area contributed by atoms with Gasteiger partial charge >= 0.3 is 0 Å². The molecule has 1 aromatic carbocycles. The van der Waals surface area contributed by atoms with E-state index in [1.54, 1.807) is 7.11 Å². The zero-order valence-electron chi connectivity index (χ0n) is 9.33. The summed E-state index contributed by atoms with van der Waals surface area (Å²) < 4.78 is 5.32. The Bertz CT molecular complexity index is 305. The molecule has 1 aromatic rings. The van der Waals surface area contributed by atoms with Crippen LogP contribution in [0.2, 0.25) is 0 Å². The van der Waals surface area contributed by atoms with Gasteiger partial charge in [-0.05, 0) is 18.9 Å². The molecule has 1 saturated carbocycles. The maximum atomic E-state index is 5.32. The molecule has 0 amide bonds. The predicted octanol–water partition coefficient (Wildman–Crippen LogP) is 2.73. The van der Waals surface area contributed by atoms with Crippen molar-refractivity contribution in [3.8, 4) is 5.75 Å². The van der Waals surface area contributed by atoms with Gasteiger partial charge in [-0.1, -0.05) is 31.0 Å². The number of para-hydroxylation sites is 1. The molecule has 0 atom stereocenters. The molecule has 1 fully saturated rings. The molecule has 1 aliphatic rings. The molecule has 0 heterocycles. The van der Waals surface area contributed by atoms with Crippen molar-refractivity contribution in [3.63, 3.8) is 0 Å². The highest BCUT2D eigenvalue weighted by Crippen LogP contribution is 2.20. The largest absolute Gasteiger partial charge is 0.496 e. The first-order chi connectivity index (χ1) is 7.40. The molecule has 0 aromatic heterocycles. The number of hydrogen-bond donors (Lipinski definition) is 1. The van der Waals surface area contributed by atoms with E-state index in [4.69, 9.17) is 4.74 Å². The van der Waals surface area contributed by atoms with E-state index >= 15 is 0 Å². The lowest BCUT2D eigenvalue weighted by molar-refractivity contribution is 0.405. The van der Waals surface area contributed by atoms with Crippen LogP contribution in [0.5, 0.6) is 5.75 Å².